The third kappa shape index (κ3) is 2.72. The maximum atomic E-state index is 13.4. The highest BCUT2D eigenvalue weighted by molar-refractivity contribution is 7.15. The van der Waals surface area contributed by atoms with Crippen LogP contribution in [0.4, 0.5) is 5.13 Å². The summed E-state index contributed by atoms with van der Waals surface area (Å²) in [5.74, 6) is -0.167. The number of rotatable bonds is 3. The Labute approximate surface area is 175 Å². The number of para-hydroxylation sites is 1. The zero-order valence-electron chi connectivity index (χ0n) is 16.2. The lowest BCUT2D eigenvalue weighted by Crippen LogP contribution is -2.29. The van der Waals surface area contributed by atoms with Gasteiger partial charge in [-0.2, -0.15) is 0 Å². The van der Waals surface area contributed by atoms with Crippen LogP contribution in [-0.2, 0) is 0 Å². The van der Waals surface area contributed by atoms with Gasteiger partial charge in [-0.05, 0) is 29.8 Å². The molecule has 0 saturated heterocycles. The van der Waals surface area contributed by atoms with Crippen molar-refractivity contribution >= 4 is 33.3 Å². The largest absolute Gasteiger partial charge is 0.508 e. The van der Waals surface area contributed by atoms with Gasteiger partial charge in [-0.15, -0.1) is 10.2 Å². The van der Waals surface area contributed by atoms with Crippen molar-refractivity contribution in [2.45, 2.75) is 25.8 Å². The Balaban J connectivity index is 1.78. The van der Waals surface area contributed by atoms with Crippen molar-refractivity contribution in [2.75, 3.05) is 4.90 Å². The molecule has 1 atom stereocenters. The number of carbonyl (C=O) groups excluding carboxylic acids is 1. The van der Waals surface area contributed by atoms with Gasteiger partial charge < -0.3 is 9.52 Å². The number of aromatic nitrogens is 2. The minimum atomic E-state index is -0.720. The third-order valence-corrected chi connectivity index (χ3v) is 6.34. The van der Waals surface area contributed by atoms with Gasteiger partial charge in [-0.25, -0.2) is 0 Å². The van der Waals surface area contributed by atoms with Gasteiger partial charge in [0.2, 0.25) is 10.9 Å². The molecule has 1 N–H and O–H groups in total. The van der Waals surface area contributed by atoms with Gasteiger partial charge in [0.15, 0.2) is 5.43 Å². The van der Waals surface area contributed by atoms with E-state index in [9.17, 15) is 14.7 Å². The molecule has 0 radical (unpaired) electrons. The maximum absolute atomic E-state index is 13.4. The highest BCUT2D eigenvalue weighted by Gasteiger charge is 2.45. The van der Waals surface area contributed by atoms with Gasteiger partial charge in [-0.1, -0.05) is 49.4 Å². The number of hydrogen-bond acceptors (Lipinski definition) is 7. The number of fused-ring (bicyclic) bond motifs is 2. The summed E-state index contributed by atoms with van der Waals surface area (Å²) in [4.78, 5) is 28.3. The minimum Gasteiger partial charge on any atom is -0.508 e. The Morgan fingerprint density at radius 2 is 1.80 bits per heavy atom. The molecule has 0 bridgehead atoms. The van der Waals surface area contributed by atoms with Crippen molar-refractivity contribution in [3.8, 4) is 5.75 Å². The molecule has 8 heteroatoms. The smallest absolute Gasteiger partial charge is 0.297 e. The van der Waals surface area contributed by atoms with Crippen molar-refractivity contribution in [3.63, 3.8) is 0 Å². The fourth-order valence-electron chi connectivity index (χ4n) is 3.65. The molecule has 150 valence electrons. The summed E-state index contributed by atoms with van der Waals surface area (Å²) in [7, 11) is 0. The van der Waals surface area contributed by atoms with Gasteiger partial charge in [0, 0.05) is 5.92 Å². The summed E-state index contributed by atoms with van der Waals surface area (Å²) >= 11 is 1.31. The molecule has 7 nitrogen and oxygen atoms in total. The van der Waals surface area contributed by atoms with E-state index in [2.05, 4.69) is 10.2 Å². The third-order valence-electron chi connectivity index (χ3n) is 5.12. The van der Waals surface area contributed by atoms with Gasteiger partial charge in [-0.3, -0.25) is 14.5 Å². The summed E-state index contributed by atoms with van der Waals surface area (Å²) in [6.45, 7) is 4.00. The first-order chi connectivity index (χ1) is 14.5. The number of nitrogens with zero attached hydrogens (tertiary/aromatic N) is 3. The Kier molecular flexibility index (Phi) is 4.18. The second-order valence-corrected chi connectivity index (χ2v) is 8.40. The summed E-state index contributed by atoms with van der Waals surface area (Å²) in [6, 6.07) is 12.6. The molecule has 1 aliphatic rings. The molecule has 0 saturated carbocycles. The van der Waals surface area contributed by atoms with E-state index >= 15 is 0 Å². The first-order valence-corrected chi connectivity index (χ1v) is 10.3. The molecule has 1 amide bonds. The van der Waals surface area contributed by atoms with Crippen molar-refractivity contribution < 1.29 is 14.3 Å². The lowest BCUT2D eigenvalue weighted by atomic mass is 9.98. The zero-order valence-corrected chi connectivity index (χ0v) is 17.0. The van der Waals surface area contributed by atoms with Crippen molar-refractivity contribution in [1.29, 1.82) is 0 Å². The van der Waals surface area contributed by atoms with Crippen molar-refractivity contribution in [3.05, 3.63) is 80.6 Å². The number of phenolic OH excluding ortho intramolecular Hbond substituents is 1. The molecule has 0 unspecified atom stereocenters. The molecule has 0 aliphatic carbocycles. The second-order valence-electron chi connectivity index (χ2n) is 7.42. The summed E-state index contributed by atoms with van der Waals surface area (Å²) in [5.41, 5.74) is 1.05. The maximum Gasteiger partial charge on any atom is 0.297 e. The van der Waals surface area contributed by atoms with Crippen LogP contribution < -0.4 is 10.3 Å². The van der Waals surface area contributed by atoms with Crippen LogP contribution in [0.1, 0.15) is 52.5 Å². The van der Waals surface area contributed by atoms with E-state index in [1.807, 2.05) is 13.8 Å². The Bertz CT molecular complexity index is 1340. The average Bonchev–Trinajstić information content (AvgIpc) is 3.33. The molecule has 4 aromatic rings. The molecule has 1 aliphatic heterocycles. The second kappa shape index (κ2) is 6.77. The Morgan fingerprint density at radius 1 is 1.07 bits per heavy atom. The SMILES string of the molecule is CC(C)c1nnc(N2C(=O)c3oc4ccccc4c(=O)c3[C@@H]2c2ccc(O)cc2)s1. The average molecular weight is 419 g/mol. The quantitative estimate of drug-likeness (QED) is 0.534. The van der Waals surface area contributed by atoms with E-state index in [1.165, 1.54) is 28.4 Å². The van der Waals surface area contributed by atoms with Crippen LogP contribution in [0.5, 0.6) is 5.75 Å². The van der Waals surface area contributed by atoms with E-state index < -0.39 is 11.9 Å². The monoisotopic (exact) mass is 419 g/mol. The van der Waals surface area contributed by atoms with Crippen LogP contribution in [-0.4, -0.2) is 21.2 Å². The number of amides is 1. The lowest BCUT2D eigenvalue weighted by molar-refractivity contribution is 0.0970. The number of hydrogen-bond donors (Lipinski definition) is 1. The molecule has 0 spiro atoms. The van der Waals surface area contributed by atoms with Crippen molar-refractivity contribution in [1.82, 2.24) is 10.2 Å². The van der Waals surface area contributed by atoms with Crippen LogP contribution in [0.15, 0.2) is 57.7 Å². The normalized spacial score (nSPS) is 15.9. The van der Waals surface area contributed by atoms with Crippen LogP contribution in [0, 0.1) is 0 Å². The van der Waals surface area contributed by atoms with Crippen LogP contribution in [0.25, 0.3) is 11.0 Å². The summed E-state index contributed by atoms with van der Waals surface area (Å²) < 4.78 is 5.89. The van der Waals surface area contributed by atoms with E-state index in [-0.39, 0.29) is 28.4 Å². The summed E-state index contributed by atoms with van der Waals surface area (Å²) in [6.07, 6.45) is 0. The molecule has 5 rings (SSSR count). The highest BCUT2D eigenvalue weighted by atomic mass is 32.1. The topological polar surface area (TPSA) is 96.5 Å². The molecule has 3 heterocycles. The minimum absolute atomic E-state index is 0.0121. The first-order valence-electron chi connectivity index (χ1n) is 9.47. The number of anilines is 1. The molecular formula is C22H17N3O4S. The fraction of sp³-hybridized carbons (Fsp3) is 0.182. The van der Waals surface area contributed by atoms with Crippen molar-refractivity contribution in [2.24, 2.45) is 0 Å². The number of phenols is 1. The summed E-state index contributed by atoms with van der Waals surface area (Å²) in [5, 5.41) is 19.7. The fourth-order valence-corrected chi connectivity index (χ4v) is 4.52. The van der Waals surface area contributed by atoms with Crippen LogP contribution in [0.3, 0.4) is 0 Å². The predicted octanol–water partition coefficient (Wildman–Crippen LogP) is 4.22. The van der Waals surface area contributed by atoms with E-state index in [4.69, 9.17) is 4.42 Å². The van der Waals surface area contributed by atoms with Crippen LogP contribution in [0.2, 0.25) is 0 Å². The number of carbonyl (C=O) groups is 1. The number of aromatic hydroxyl groups is 1. The number of benzene rings is 2. The Hall–Kier alpha value is -3.52. The van der Waals surface area contributed by atoms with Crippen LogP contribution >= 0.6 is 11.3 Å². The first kappa shape index (κ1) is 18.5. The van der Waals surface area contributed by atoms with Gasteiger partial charge in [0.05, 0.1) is 17.0 Å². The van der Waals surface area contributed by atoms with Gasteiger partial charge in [0.25, 0.3) is 5.91 Å². The Morgan fingerprint density at radius 3 is 2.50 bits per heavy atom. The molecule has 2 aromatic heterocycles. The van der Waals surface area contributed by atoms with Gasteiger partial charge >= 0.3 is 0 Å². The molecule has 2 aromatic carbocycles. The predicted molar refractivity (Wildman–Crippen MR) is 113 cm³/mol. The molecule has 30 heavy (non-hydrogen) atoms. The lowest BCUT2D eigenvalue weighted by Gasteiger charge is -2.22. The van der Waals surface area contributed by atoms with E-state index in [0.29, 0.717) is 21.7 Å². The molecule has 0 fully saturated rings. The molecular weight excluding hydrogens is 402 g/mol. The highest BCUT2D eigenvalue weighted by Crippen LogP contribution is 2.42. The van der Waals surface area contributed by atoms with Gasteiger partial charge in [0.1, 0.15) is 16.3 Å². The van der Waals surface area contributed by atoms with E-state index in [1.54, 1.807) is 36.4 Å². The zero-order chi connectivity index (χ0) is 21.0. The standard InChI is InChI=1S/C22H17N3O4S/c1-11(2)20-23-24-22(30-20)25-17(12-7-9-13(26)10-8-12)16-18(27)14-5-3-4-6-15(14)29-19(16)21(25)28/h3-11,17,26H,1-2H3/t17-/m0/s1. The van der Waals surface area contributed by atoms with E-state index in [0.717, 1.165) is 5.01 Å².